The second kappa shape index (κ2) is 5.62. The van der Waals surface area contributed by atoms with Gasteiger partial charge in [-0.2, -0.15) is 4.98 Å². The van der Waals surface area contributed by atoms with Crippen molar-refractivity contribution >= 4 is 23.7 Å². The first-order chi connectivity index (χ1) is 7.93. The third-order valence-electron chi connectivity index (χ3n) is 2.83. The van der Waals surface area contributed by atoms with Crippen LogP contribution >= 0.6 is 23.7 Å². The van der Waals surface area contributed by atoms with E-state index in [0.717, 1.165) is 36.1 Å². The Labute approximate surface area is 110 Å². The Balaban J connectivity index is 0.00000108. The van der Waals surface area contributed by atoms with E-state index in [9.17, 15) is 0 Å². The van der Waals surface area contributed by atoms with Gasteiger partial charge >= 0.3 is 0 Å². The fraction of sp³-hybridized carbons (Fsp3) is 0.455. The van der Waals surface area contributed by atoms with Gasteiger partial charge in [-0.3, -0.25) is 0 Å². The molecule has 6 heteroatoms. The highest BCUT2D eigenvalue weighted by atomic mass is 35.5. The van der Waals surface area contributed by atoms with Gasteiger partial charge in [0.25, 0.3) is 0 Å². The maximum atomic E-state index is 5.33. The van der Waals surface area contributed by atoms with Crippen LogP contribution in [0.2, 0.25) is 0 Å². The summed E-state index contributed by atoms with van der Waals surface area (Å²) in [7, 11) is 0. The zero-order valence-corrected chi connectivity index (χ0v) is 10.9. The van der Waals surface area contributed by atoms with Crippen molar-refractivity contribution in [3.63, 3.8) is 0 Å². The van der Waals surface area contributed by atoms with Crippen LogP contribution in [-0.2, 0) is 0 Å². The van der Waals surface area contributed by atoms with Gasteiger partial charge in [0.15, 0.2) is 0 Å². The third kappa shape index (κ3) is 2.68. The summed E-state index contributed by atoms with van der Waals surface area (Å²) in [6.07, 6.45) is 2.32. The van der Waals surface area contributed by atoms with Gasteiger partial charge in [0, 0.05) is 6.54 Å². The van der Waals surface area contributed by atoms with Crippen molar-refractivity contribution in [2.75, 3.05) is 13.1 Å². The van der Waals surface area contributed by atoms with Crippen molar-refractivity contribution in [3.05, 3.63) is 23.4 Å². The van der Waals surface area contributed by atoms with Gasteiger partial charge in [-0.05, 0) is 30.8 Å². The van der Waals surface area contributed by atoms with Crippen LogP contribution in [0.15, 0.2) is 22.0 Å². The quantitative estimate of drug-likeness (QED) is 0.912. The minimum Gasteiger partial charge on any atom is -0.339 e. The SMILES string of the molecule is Cl.c1csc(-c2noc([C@@H]3CCCNC3)n2)c1. The number of piperidine rings is 1. The van der Waals surface area contributed by atoms with Crippen molar-refractivity contribution in [2.24, 2.45) is 0 Å². The molecule has 0 radical (unpaired) electrons. The number of nitrogens with zero attached hydrogens (tertiary/aromatic N) is 2. The standard InChI is InChI=1S/C11H13N3OS.ClH/c1-3-8(7-12-5-1)11-13-10(14-15-11)9-4-2-6-16-9;/h2,4,6,8,12H,1,3,5,7H2;1H/t8-;/m1./s1. The van der Waals surface area contributed by atoms with Gasteiger partial charge in [-0.1, -0.05) is 11.2 Å². The van der Waals surface area contributed by atoms with Gasteiger partial charge < -0.3 is 9.84 Å². The molecule has 0 aromatic carbocycles. The molecule has 0 saturated carbocycles. The first-order valence-corrected chi connectivity index (χ1v) is 6.39. The van der Waals surface area contributed by atoms with Crippen LogP contribution in [0.3, 0.4) is 0 Å². The Hall–Kier alpha value is -0.910. The van der Waals surface area contributed by atoms with Crippen molar-refractivity contribution in [3.8, 4) is 10.7 Å². The predicted octanol–water partition coefficient (Wildman–Crippen LogP) is 2.69. The van der Waals surface area contributed by atoms with Crippen molar-refractivity contribution in [2.45, 2.75) is 18.8 Å². The van der Waals surface area contributed by atoms with Crippen molar-refractivity contribution in [1.29, 1.82) is 0 Å². The molecule has 17 heavy (non-hydrogen) atoms. The van der Waals surface area contributed by atoms with E-state index in [0.29, 0.717) is 5.92 Å². The molecule has 2 aromatic rings. The number of nitrogens with one attached hydrogen (secondary N) is 1. The lowest BCUT2D eigenvalue weighted by Crippen LogP contribution is -2.28. The van der Waals surface area contributed by atoms with Crippen LogP contribution in [0, 0.1) is 0 Å². The zero-order valence-electron chi connectivity index (χ0n) is 9.26. The van der Waals surface area contributed by atoms with Crippen LogP contribution in [0.1, 0.15) is 24.7 Å². The molecule has 92 valence electrons. The molecule has 1 saturated heterocycles. The van der Waals surface area contributed by atoms with E-state index >= 15 is 0 Å². The summed E-state index contributed by atoms with van der Waals surface area (Å²) in [5.41, 5.74) is 0. The highest BCUT2D eigenvalue weighted by Crippen LogP contribution is 2.26. The van der Waals surface area contributed by atoms with E-state index in [4.69, 9.17) is 4.52 Å². The molecular formula is C11H14ClN3OS. The Bertz CT molecular complexity index is 451. The average Bonchev–Trinajstić information content (AvgIpc) is 3.01. The molecule has 0 spiro atoms. The molecular weight excluding hydrogens is 258 g/mol. The topological polar surface area (TPSA) is 51.0 Å². The average molecular weight is 272 g/mol. The number of thiophene rings is 1. The lowest BCUT2D eigenvalue weighted by molar-refractivity contribution is 0.322. The van der Waals surface area contributed by atoms with E-state index in [1.165, 1.54) is 6.42 Å². The van der Waals surface area contributed by atoms with Crippen LogP contribution in [0.25, 0.3) is 10.7 Å². The number of rotatable bonds is 2. The van der Waals surface area contributed by atoms with E-state index in [1.807, 2.05) is 17.5 Å². The minimum absolute atomic E-state index is 0. The van der Waals surface area contributed by atoms with Gasteiger partial charge in [-0.25, -0.2) is 0 Å². The van der Waals surface area contributed by atoms with Crippen LogP contribution in [0.4, 0.5) is 0 Å². The summed E-state index contributed by atoms with van der Waals surface area (Å²) in [4.78, 5) is 5.54. The first kappa shape index (κ1) is 12.5. The van der Waals surface area contributed by atoms with E-state index < -0.39 is 0 Å². The zero-order chi connectivity index (χ0) is 10.8. The van der Waals surface area contributed by atoms with E-state index in [1.54, 1.807) is 11.3 Å². The number of aromatic nitrogens is 2. The van der Waals surface area contributed by atoms with Crippen LogP contribution in [0.5, 0.6) is 0 Å². The normalized spacial score (nSPS) is 19.9. The number of hydrogen-bond acceptors (Lipinski definition) is 5. The Morgan fingerprint density at radius 1 is 1.47 bits per heavy atom. The molecule has 1 aliphatic rings. The molecule has 1 N–H and O–H groups in total. The number of hydrogen-bond donors (Lipinski definition) is 1. The molecule has 1 fully saturated rings. The van der Waals surface area contributed by atoms with Gasteiger partial charge in [-0.15, -0.1) is 23.7 Å². The Morgan fingerprint density at radius 2 is 2.41 bits per heavy atom. The monoisotopic (exact) mass is 271 g/mol. The molecule has 0 unspecified atom stereocenters. The van der Waals surface area contributed by atoms with Gasteiger partial charge in [0.2, 0.25) is 11.7 Å². The maximum Gasteiger partial charge on any atom is 0.231 e. The molecule has 0 amide bonds. The molecule has 3 rings (SSSR count). The van der Waals surface area contributed by atoms with Gasteiger partial charge in [0.1, 0.15) is 0 Å². The second-order valence-corrected chi connectivity index (χ2v) is 4.92. The molecule has 0 aliphatic carbocycles. The van der Waals surface area contributed by atoms with Crippen LogP contribution in [-0.4, -0.2) is 23.2 Å². The highest BCUT2D eigenvalue weighted by molar-refractivity contribution is 7.13. The lowest BCUT2D eigenvalue weighted by atomic mass is 10.00. The third-order valence-corrected chi connectivity index (χ3v) is 3.70. The minimum atomic E-state index is 0. The second-order valence-electron chi connectivity index (χ2n) is 3.98. The summed E-state index contributed by atoms with van der Waals surface area (Å²) >= 11 is 1.64. The van der Waals surface area contributed by atoms with E-state index in [2.05, 4.69) is 15.5 Å². The van der Waals surface area contributed by atoms with Crippen molar-refractivity contribution in [1.82, 2.24) is 15.5 Å². The Morgan fingerprint density at radius 3 is 3.12 bits per heavy atom. The summed E-state index contributed by atoms with van der Waals surface area (Å²) in [6, 6.07) is 4.01. The van der Waals surface area contributed by atoms with E-state index in [-0.39, 0.29) is 12.4 Å². The lowest BCUT2D eigenvalue weighted by Gasteiger charge is -2.18. The summed E-state index contributed by atoms with van der Waals surface area (Å²) in [6.45, 7) is 2.05. The molecule has 1 atom stereocenters. The molecule has 1 aliphatic heterocycles. The highest BCUT2D eigenvalue weighted by Gasteiger charge is 2.21. The first-order valence-electron chi connectivity index (χ1n) is 5.51. The fourth-order valence-electron chi connectivity index (χ4n) is 1.97. The molecule has 4 nitrogen and oxygen atoms in total. The molecule has 2 aromatic heterocycles. The number of halogens is 1. The largest absolute Gasteiger partial charge is 0.339 e. The van der Waals surface area contributed by atoms with Crippen LogP contribution < -0.4 is 5.32 Å². The molecule has 3 heterocycles. The van der Waals surface area contributed by atoms with Crippen molar-refractivity contribution < 1.29 is 4.52 Å². The summed E-state index contributed by atoms with van der Waals surface area (Å²) in [5.74, 6) is 1.88. The fourth-order valence-corrected chi connectivity index (χ4v) is 2.62. The molecule has 0 bridgehead atoms. The maximum absolute atomic E-state index is 5.33. The summed E-state index contributed by atoms with van der Waals surface area (Å²) in [5, 5.41) is 9.40. The Kier molecular flexibility index (Phi) is 4.15. The predicted molar refractivity (Wildman–Crippen MR) is 69.7 cm³/mol. The summed E-state index contributed by atoms with van der Waals surface area (Å²) < 4.78 is 5.33. The smallest absolute Gasteiger partial charge is 0.231 e. The van der Waals surface area contributed by atoms with Gasteiger partial charge in [0.05, 0.1) is 10.8 Å².